The number of nitrogens with one attached hydrogen (secondary N) is 1. The molecule has 0 aromatic heterocycles. The van der Waals surface area contributed by atoms with Gasteiger partial charge in [-0.1, -0.05) is 12.1 Å². The fraction of sp³-hybridized carbons (Fsp3) is 0.333. The number of rotatable bonds is 7. The second-order valence-electron chi connectivity index (χ2n) is 7.22. The van der Waals surface area contributed by atoms with Crippen LogP contribution in [0.4, 0.5) is 0 Å². The number of carbonyl (C=O) groups is 2. The molecule has 0 aliphatic carbocycles. The van der Waals surface area contributed by atoms with Gasteiger partial charge in [0.1, 0.15) is 0 Å². The highest BCUT2D eigenvalue weighted by molar-refractivity contribution is 7.89. The highest BCUT2D eigenvalue weighted by Crippen LogP contribution is 2.17. The molecule has 0 bridgehead atoms. The van der Waals surface area contributed by atoms with Crippen LogP contribution in [0.2, 0.25) is 0 Å². The molecule has 7 nitrogen and oxygen atoms in total. The van der Waals surface area contributed by atoms with Crippen molar-refractivity contribution >= 4 is 21.8 Å². The summed E-state index contributed by atoms with van der Waals surface area (Å²) >= 11 is 0. The molecule has 0 aliphatic rings. The third-order valence-electron chi connectivity index (χ3n) is 4.58. The number of nitrogens with zero attached hydrogens (tertiary/aromatic N) is 2. The van der Waals surface area contributed by atoms with E-state index in [1.165, 1.54) is 40.5 Å². The van der Waals surface area contributed by atoms with Crippen molar-refractivity contribution in [2.45, 2.75) is 31.3 Å². The van der Waals surface area contributed by atoms with Gasteiger partial charge < -0.3 is 10.2 Å². The van der Waals surface area contributed by atoms with Crippen molar-refractivity contribution in [3.8, 4) is 0 Å². The Labute approximate surface area is 172 Å². The molecule has 2 rings (SSSR count). The van der Waals surface area contributed by atoms with Crippen LogP contribution in [0.25, 0.3) is 0 Å². The molecule has 0 spiro atoms. The van der Waals surface area contributed by atoms with Crippen molar-refractivity contribution in [1.82, 2.24) is 14.5 Å². The summed E-state index contributed by atoms with van der Waals surface area (Å²) in [5.74, 6) is -0.390. The van der Waals surface area contributed by atoms with E-state index in [1.54, 1.807) is 52.2 Å². The van der Waals surface area contributed by atoms with E-state index in [-0.39, 0.29) is 22.8 Å². The molecule has 0 saturated carbocycles. The van der Waals surface area contributed by atoms with Gasteiger partial charge in [-0.15, -0.1) is 0 Å². The summed E-state index contributed by atoms with van der Waals surface area (Å²) in [4.78, 5) is 25.9. The van der Waals surface area contributed by atoms with Crippen LogP contribution in [0.5, 0.6) is 0 Å². The van der Waals surface area contributed by atoms with Crippen molar-refractivity contribution < 1.29 is 18.0 Å². The van der Waals surface area contributed by atoms with E-state index >= 15 is 0 Å². The third kappa shape index (κ3) is 5.42. The summed E-state index contributed by atoms with van der Waals surface area (Å²) in [6, 6.07) is 12.7. The summed E-state index contributed by atoms with van der Waals surface area (Å²) in [6.45, 7) is 3.88. The number of sulfonamides is 1. The summed E-state index contributed by atoms with van der Waals surface area (Å²) in [5, 5.41) is 2.79. The van der Waals surface area contributed by atoms with Crippen molar-refractivity contribution in [1.29, 1.82) is 0 Å². The average molecular weight is 418 g/mol. The summed E-state index contributed by atoms with van der Waals surface area (Å²) in [7, 11) is 1.32. The molecule has 0 aliphatic heterocycles. The van der Waals surface area contributed by atoms with E-state index in [0.29, 0.717) is 17.7 Å². The van der Waals surface area contributed by atoms with Gasteiger partial charge in [0.2, 0.25) is 10.0 Å². The van der Waals surface area contributed by atoms with Crippen LogP contribution in [0.1, 0.15) is 40.1 Å². The zero-order valence-corrected chi connectivity index (χ0v) is 18.2. The zero-order chi connectivity index (χ0) is 21.8. The largest absolute Gasteiger partial charge is 0.348 e. The van der Waals surface area contributed by atoms with Crippen LogP contribution in [-0.4, -0.2) is 56.6 Å². The van der Waals surface area contributed by atoms with Gasteiger partial charge in [0.05, 0.1) is 4.90 Å². The molecular weight excluding hydrogens is 390 g/mol. The maximum absolute atomic E-state index is 12.5. The lowest BCUT2D eigenvalue weighted by molar-refractivity contribution is 0.0827. The molecule has 0 unspecified atom stereocenters. The van der Waals surface area contributed by atoms with E-state index < -0.39 is 10.0 Å². The van der Waals surface area contributed by atoms with Gasteiger partial charge in [-0.3, -0.25) is 9.59 Å². The van der Waals surface area contributed by atoms with E-state index in [2.05, 4.69) is 5.32 Å². The second kappa shape index (κ2) is 9.19. The SMILES string of the molecule is CC(C)N(C)S(=O)(=O)c1ccc(C(=O)NCc2ccc(C(=O)N(C)C)cc2)cc1. The van der Waals surface area contributed by atoms with Gasteiger partial charge in [-0.2, -0.15) is 4.31 Å². The van der Waals surface area contributed by atoms with Gasteiger partial charge in [0.15, 0.2) is 0 Å². The topological polar surface area (TPSA) is 86.8 Å². The lowest BCUT2D eigenvalue weighted by atomic mass is 10.1. The van der Waals surface area contributed by atoms with Crippen molar-refractivity contribution in [2.75, 3.05) is 21.1 Å². The molecule has 0 radical (unpaired) electrons. The molecule has 8 heteroatoms. The molecular formula is C21H27N3O4S. The Morgan fingerprint density at radius 3 is 1.90 bits per heavy atom. The van der Waals surface area contributed by atoms with E-state index in [9.17, 15) is 18.0 Å². The predicted molar refractivity (Wildman–Crippen MR) is 112 cm³/mol. The van der Waals surface area contributed by atoms with Crippen LogP contribution in [0, 0.1) is 0 Å². The first-order chi connectivity index (χ1) is 13.5. The molecule has 0 saturated heterocycles. The lowest BCUT2D eigenvalue weighted by Gasteiger charge is -2.21. The Kier molecular flexibility index (Phi) is 7.16. The van der Waals surface area contributed by atoms with Gasteiger partial charge in [-0.25, -0.2) is 8.42 Å². The summed E-state index contributed by atoms with van der Waals surface area (Å²) in [5.41, 5.74) is 1.80. The number of hydrogen-bond acceptors (Lipinski definition) is 4. The number of benzene rings is 2. The fourth-order valence-corrected chi connectivity index (χ4v) is 3.90. The van der Waals surface area contributed by atoms with Crippen LogP contribution in [0.15, 0.2) is 53.4 Å². The lowest BCUT2D eigenvalue weighted by Crippen LogP contribution is -2.33. The minimum Gasteiger partial charge on any atom is -0.348 e. The molecule has 1 N–H and O–H groups in total. The van der Waals surface area contributed by atoms with Crippen molar-refractivity contribution in [3.05, 3.63) is 65.2 Å². The highest BCUT2D eigenvalue weighted by Gasteiger charge is 2.23. The first-order valence-corrected chi connectivity index (χ1v) is 10.6. The maximum Gasteiger partial charge on any atom is 0.253 e. The Morgan fingerprint density at radius 1 is 0.897 bits per heavy atom. The monoisotopic (exact) mass is 417 g/mol. The molecule has 29 heavy (non-hydrogen) atoms. The Hall–Kier alpha value is -2.71. The van der Waals surface area contributed by atoms with Crippen LogP contribution < -0.4 is 5.32 Å². The first kappa shape index (κ1) is 22.6. The molecule has 2 amide bonds. The number of carbonyl (C=O) groups excluding carboxylic acids is 2. The van der Waals surface area contributed by atoms with Crippen LogP contribution in [0.3, 0.4) is 0 Å². The van der Waals surface area contributed by atoms with E-state index in [4.69, 9.17) is 0 Å². The molecule has 2 aromatic rings. The smallest absolute Gasteiger partial charge is 0.253 e. The molecule has 2 aromatic carbocycles. The fourth-order valence-electron chi connectivity index (χ4n) is 2.53. The minimum absolute atomic E-state index is 0.0845. The second-order valence-corrected chi connectivity index (χ2v) is 9.22. The standard InChI is InChI=1S/C21H27N3O4S/c1-15(2)24(5)29(27,28)19-12-10-17(11-13-19)20(25)22-14-16-6-8-18(9-7-16)21(26)23(3)4/h6-13,15H,14H2,1-5H3,(H,22,25). The third-order valence-corrected chi connectivity index (χ3v) is 6.63. The quantitative estimate of drug-likeness (QED) is 0.749. The summed E-state index contributed by atoms with van der Waals surface area (Å²) < 4.78 is 26.2. The normalized spacial score (nSPS) is 11.6. The van der Waals surface area contributed by atoms with E-state index in [0.717, 1.165) is 5.56 Å². The Balaban J connectivity index is 2.02. The minimum atomic E-state index is -3.58. The van der Waals surface area contributed by atoms with Gasteiger partial charge >= 0.3 is 0 Å². The molecule has 156 valence electrons. The number of amides is 2. The van der Waals surface area contributed by atoms with Crippen LogP contribution >= 0.6 is 0 Å². The molecule has 0 atom stereocenters. The number of hydrogen-bond donors (Lipinski definition) is 1. The van der Waals surface area contributed by atoms with Crippen LogP contribution in [-0.2, 0) is 16.6 Å². The highest BCUT2D eigenvalue weighted by atomic mass is 32.2. The van der Waals surface area contributed by atoms with Crippen molar-refractivity contribution in [3.63, 3.8) is 0 Å². The maximum atomic E-state index is 12.5. The van der Waals surface area contributed by atoms with Gasteiger partial charge in [0.25, 0.3) is 11.8 Å². The molecule has 0 heterocycles. The Bertz CT molecular complexity index is 966. The average Bonchev–Trinajstić information content (AvgIpc) is 2.71. The van der Waals surface area contributed by atoms with E-state index in [1.807, 2.05) is 0 Å². The molecule has 0 fully saturated rings. The predicted octanol–water partition coefficient (Wildman–Crippen LogP) is 2.35. The first-order valence-electron chi connectivity index (χ1n) is 9.21. The van der Waals surface area contributed by atoms with Crippen molar-refractivity contribution in [2.24, 2.45) is 0 Å². The summed E-state index contributed by atoms with van der Waals surface area (Å²) in [6.07, 6.45) is 0. The zero-order valence-electron chi connectivity index (χ0n) is 17.3. The van der Waals surface area contributed by atoms with Gasteiger partial charge in [0, 0.05) is 44.9 Å². The Morgan fingerprint density at radius 2 is 1.41 bits per heavy atom. The van der Waals surface area contributed by atoms with Gasteiger partial charge in [-0.05, 0) is 55.8 Å².